The number of rotatable bonds is 5. The highest BCUT2D eigenvalue weighted by molar-refractivity contribution is 5.95. The minimum absolute atomic E-state index is 0.0611. The third-order valence-corrected chi connectivity index (χ3v) is 5.17. The van der Waals surface area contributed by atoms with Crippen LogP contribution in [0.4, 0.5) is 21.5 Å². The molecule has 1 fully saturated rings. The maximum Gasteiger partial charge on any atom is 0.344 e. The van der Waals surface area contributed by atoms with Gasteiger partial charge in [-0.2, -0.15) is 0 Å². The number of anilines is 2. The van der Waals surface area contributed by atoms with E-state index in [1.165, 1.54) is 31.4 Å². The van der Waals surface area contributed by atoms with Crippen LogP contribution in [0.5, 0.6) is 0 Å². The van der Waals surface area contributed by atoms with Crippen molar-refractivity contribution in [2.45, 2.75) is 18.9 Å². The molecular formula is C20H22FN3O4. The van der Waals surface area contributed by atoms with Gasteiger partial charge in [0.1, 0.15) is 11.4 Å². The normalized spacial score (nSPS) is 14.6. The second kappa shape index (κ2) is 8.24. The molecule has 1 heterocycles. The predicted molar refractivity (Wildman–Crippen MR) is 104 cm³/mol. The van der Waals surface area contributed by atoms with Crippen molar-refractivity contribution in [2.24, 2.45) is 0 Å². The first-order valence-electron chi connectivity index (χ1n) is 9.01. The zero-order valence-electron chi connectivity index (χ0n) is 15.8. The van der Waals surface area contributed by atoms with E-state index in [2.05, 4.69) is 9.64 Å². The molecular weight excluding hydrogens is 365 g/mol. The van der Waals surface area contributed by atoms with Gasteiger partial charge in [-0.3, -0.25) is 10.1 Å². The smallest absolute Gasteiger partial charge is 0.344 e. The molecule has 0 N–H and O–H groups in total. The van der Waals surface area contributed by atoms with Crippen molar-refractivity contribution in [1.29, 1.82) is 0 Å². The number of hydrogen-bond donors (Lipinski definition) is 0. The monoisotopic (exact) mass is 387 g/mol. The van der Waals surface area contributed by atoms with Gasteiger partial charge in [-0.25, -0.2) is 9.18 Å². The van der Waals surface area contributed by atoms with Gasteiger partial charge in [0, 0.05) is 43.6 Å². The summed E-state index contributed by atoms with van der Waals surface area (Å²) in [5.41, 5.74) is 1.25. The first kappa shape index (κ1) is 19.6. The van der Waals surface area contributed by atoms with E-state index < -0.39 is 10.9 Å². The van der Waals surface area contributed by atoms with Crippen molar-refractivity contribution >= 4 is 23.0 Å². The molecule has 0 bridgehead atoms. The Morgan fingerprint density at radius 1 is 1.25 bits per heavy atom. The minimum atomic E-state index is -0.733. The van der Waals surface area contributed by atoms with Gasteiger partial charge >= 0.3 is 5.97 Å². The molecule has 0 atom stereocenters. The van der Waals surface area contributed by atoms with E-state index in [4.69, 9.17) is 0 Å². The molecule has 28 heavy (non-hydrogen) atoms. The molecule has 0 spiro atoms. The Morgan fingerprint density at radius 2 is 1.96 bits per heavy atom. The van der Waals surface area contributed by atoms with E-state index in [-0.39, 0.29) is 23.1 Å². The average Bonchev–Trinajstić information content (AvgIpc) is 2.72. The number of ether oxygens (including phenoxy) is 1. The lowest BCUT2D eigenvalue weighted by molar-refractivity contribution is -0.385. The quantitative estimate of drug-likeness (QED) is 0.443. The van der Waals surface area contributed by atoms with Gasteiger partial charge < -0.3 is 14.5 Å². The van der Waals surface area contributed by atoms with Crippen LogP contribution in [0.15, 0.2) is 42.5 Å². The summed E-state index contributed by atoms with van der Waals surface area (Å²) in [6.45, 7) is 1.55. The van der Waals surface area contributed by atoms with E-state index in [9.17, 15) is 19.3 Å². The fourth-order valence-corrected chi connectivity index (χ4v) is 3.57. The van der Waals surface area contributed by atoms with Crippen molar-refractivity contribution in [1.82, 2.24) is 0 Å². The highest BCUT2D eigenvalue weighted by Crippen LogP contribution is 2.29. The average molecular weight is 387 g/mol. The molecule has 2 aromatic rings. The molecule has 8 heteroatoms. The third-order valence-electron chi connectivity index (χ3n) is 5.17. The molecule has 0 saturated carbocycles. The summed E-state index contributed by atoms with van der Waals surface area (Å²) < 4.78 is 18.1. The Kier molecular flexibility index (Phi) is 5.77. The Bertz CT molecular complexity index is 882. The fraction of sp³-hybridized carbons (Fsp3) is 0.350. The predicted octanol–water partition coefficient (Wildman–Crippen LogP) is 3.63. The lowest BCUT2D eigenvalue weighted by Crippen LogP contribution is -2.43. The van der Waals surface area contributed by atoms with Crippen LogP contribution in [-0.4, -0.2) is 44.2 Å². The number of nitro benzene ring substituents is 1. The maximum absolute atomic E-state index is 13.4. The van der Waals surface area contributed by atoms with Gasteiger partial charge in [-0.05, 0) is 43.2 Å². The first-order chi connectivity index (χ1) is 13.4. The molecule has 0 aliphatic carbocycles. The van der Waals surface area contributed by atoms with Gasteiger partial charge in [0.15, 0.2) is 0 Å². The Balaban J connectivity index is 1.73. The molecule has 3 rings (SSSR count). The topological polar surface area (TPSA) is 75.9 Å². The molecule has 7 nitrogen and oxygen atoms in total. The Hall–Kier alpha value is -3.16. The number of nitro groups is 1. The lowest BCUT2D eigenvalue weighted by Gasteiger charge is -2.39. The van der Waals surface area contributed by atoms with E-state index >= 15 is 0 Å². The highest BCUT2D eigenvalue weighted by atomic mass is 19.1. The van der Waals surface area contributed by atoms with Crippen molar-refractivity contribution < 1.29 is 18.8 Å². The number of piperidine rings is 1. The third kappa shape index (κ3) is 4.05. The fourth-order valence-electron chi connectivity index (χ4n) is 3.57. The summed E-state index contributed by atoms with van der Waals surface area (Å²) in [4.78, 5) is 26.7. The number of nitrogens with zero attached hydrogens (tertiary/aromatic N) is 3. The van der Waals surface area contributed by atoms with Gasteiger partial charge in [0.2, 0.25) is 0 Å². The molecule has 0 amide bonds. The largest absolute Gasteiger partial charge is 0.465 e. The molecule has 1 saturated heterocycles. The van der Waals surface area contributed by atoms with Gasteiger partial charge in [-0.1, -0.05) is 6.07 Å². The van der Waals surface area contributed by atoms with E-state index in [0.29, 0.717) is 0 Å². The molecule has 148 valence electrons. The summed E-state index contributed by atoms with van der Waals surface area (Å²) in [5, 5.41) is 11.2. The molecule has 2 aromatic carbocycles. The first-order valence-corrected chi connectivity index (χ1v) is 9.01. The maximum atomic E-state index is 13.4. The standard InChI is InChI=1S/C20H22FN3O4/c1-22(16-6-7-19(24(26)27)18(13-16)20(25)28-2)15-8-10-23(11-9-15)17-5-3-4-14(21)12-17/h3-7,12-13,15H,8-11H2,1-2H3. The van der Waals surface area contributed by atoms with Crippen LogP contribution in [0, 0.1) is 15.9 Å². The summed E-state index contributed by atoms with van der Waals surface area (Å²) >= 11 is 0. The molecule has 0 aromatic heterocycles. The number of esters is 1. The van der Waals surface area contributed by atoms with Crippen molar-refractivity contribution in [3.63, 3.8) is 0 Å². The van der Waals surface area contributed by atoms with Gasteiger partial charge in [-0.15, -0.1) is 0 Å². The number of carbonyl (C=O) groups excluding carboxylic acids is 1. The zero-order valence-corrected chi connectivity index (χ0v) is 15.8. The van der Waals surface area contributed by atoms with Crippen LogP contribution in [0.1, 0.15) is 23.2 Å². The number of methoxy groups -OCH3 is 1. The van der Waals surface area contributed by atoms with Crippen LogP contribution in [0.25, 0.3) is 0 Å². The van der Waals surface area contributed by atoms with Crippen LogP contribution in [0.3, 0.4) is 0 Å². The number of carbonyl (C=O) groups is 1. The summed E-state index contributed by atoms with van der Waals surface area (Å²) in [7, 11) is 3.11. The Labute approximate surface area is 162 Å². The van der Waals surface area contributed by atoms with Crippen LogP contribution >= 0.6 is 0 Å². The molecule has 1 aliphatic heterocycles. The number of hydrogen-bond acceptors (Lipinski definition) is 6. The van der Waals surface area contributed by atoms with E-state index in [0.717, 1.165) is 37.3 Å². The summed E-state index contributed by atoms with van der Waals surface area (Å²) in [5.74, 6) is -0.985. The SMILES string of the molecule is COC(=O)c1cc(N(C)C2CCN(c3cccc(F)c3)CC2)ccc1[N+](=O)[O-]. The molecule has 0 radical (unpaired) electrons. The Morgan fingerprint density at radius 3 is 2.57 bits per heavy atom. The summed E-state index contributed by atoms with van der Waals surface area (Å²) in [6, 6.07) is 11.2. The highest BCUT2D eigenvalue weighted by Gasteiger charge is 2.26. The van der Waals surface area contributed by atoms with Crippen LogP contribution < -0.4 is 9.80 Å². The number of halogens is 1. The second-order valence-electron chi connectivity index (χ2n) is 6.76. The molecule has 0 unspecified atom stereocenters. The second-order valence-corrected chi connectivity index (χ2v) is 6.76. The van der Waals surface area contributed by atoms with Crippen LogP contribution in [0.2, 0.25) is 0 Å². The van der Waals surface area contributed by atoms with E-state index in [1.54, 1.807) is 12.1 Å². The molecule has 1 aliphatic rings. The minimum Gasteiger partial charge on any atom is -0.465 e. The van der Waals surface area contributed by atoms with E-state index in [1.807, 2.05) is 18.0 Å². The zero-order chi connectivity index (χ0) is 20.3. The van der Waals surface area contributed by atoms with Gasteiger partial charge in [0.25, 0.3) is 5.69 Å². The van der Waals surface area contributed by atoms with Crippen molar-refractivity contribution in [3.8, 4) is 0 Å². The number of benzene rings is 2. The van der Waals surface area contributed by atoms with Crippen LogP contribution in [-0.2, 0) is 4.74 Å². The van der Waals surface area contributed by atoms with Crippen molar-refractivity contribution in [2.75, 3.05) is 37.0 Å². The van der Waals surface area contributed by atoms with Crippen molar-refractivity contribution in [3.05, 3.63) is 64.0 Å². The summed E-state index contributed by atoms with van der Waals surface area (Å²) in [6.07, 6.45) is 1.69. The van der Waals surface area contributed by atoms with Gasteiger partial charge in [0.05, 0.1) is 12.0 Å². The lowest BCUT2D eigenvalue weighted by atomic mass is 10.0.